The molecule has 1 aliphatic carbocycles. The molecule has 14 heteroatoms. The van der Waals surface area contributed by atoms with Gasteiger partial charge in [0.05, 0.1) is 31.3 Å². The van der Waals surface area contributed by atoms with Crippen LogP contribution in [-0.4, -0.2) is 108 Å². The smallest absolute Gasteiger partial charge is 0.393 e. The highest BCUT2D eigenvalue weighted by Crippen LogP contribution is 2.47. The molecule has 0 spiro atoms. The monoisotopic (exact) mass is 1000 g/mol. The molecule has 0 aromatic heterocycles. The molecule has 13 nitrogen and oxygen atoms in total. The SMILES string of the molecule is CCCCCCCCCCCCCC/C=C\CCCCCCCC(O)CC(=O)NC(COP(=O)(O)OC1C(O)C(O)C(O)C(O)C1O)C(O)/C=C/CCCCCCCCCCCCCCCCCC. The number of hydrogen-bond acceptors (Lipinski definition) is 11. The quantitative estimate of drug-likeness (QED) is 0.0158. The number of aliphatic hydroxyl groups is 7. The summed E-state index contributed by atoms with van der Waals surface area (Å²) < 4.78 is 23.0. The van der Waals surface area contributed by atoms with E-state index in [1.54, 1.807) is 6.08 Å². The van der Waals surface area contributed by atoms with E-state index in [4.69, 9.17) is 9.05 Å². The first-order valence-electron chi connectivity index (χ1n) is 28.4. The highest BCUT2D eigenvalue weighted by atomic mass is 31.2. The minimum atomic E-state index is -5.15. The molecule has 69 heavy (non-hydrogen) atoms. The molecule has 1 aliphatic rings. The van der Waals surface area contributed by atoms with Gasteiger partial charge in [0.25, 0.3) is 0 Å². The van der Waals surface area contributed by atoms with E-state index in [1.165, 1.54) is 167 Å². The van der Waals surface area contributed by atoms with Crippen molar-refractivity contribution in [2.75, 3.05) is 6.61 Å². The number of allylic oxidation sites excluding steroid dienone is 3. The number of carbonyl (C=O) groups excluding carboxylic acids is 1. The average Bonchev–Trinajstić information content (AvgIpc) is 3.32. The summed E-state index contributed by atoms with van der Waals surface area (Å²) in [5, 5.41) is 74.8. The fourth-order valence-corrected chi connectivity index (χ4v) is 10.1. The van der Waals surface area contributed by atoms with Crippen molar-refractivity contribution in [2.45, 2.75) is 313 Å². The molecule has 0 radical (unpaired) electrons. The second kappa shape index (κ2) is 44.3. The van der Waals surface area contributed by atoms with Crippen LogP contribution in [-0.2, 0) is 18.4 Å². The Kier molecular flexibility index (Phi) is 42.2. The van der Waals surface area contributed by atoms with Gasteiger partial charge in [-0.15, -0.1) is 0 Å². The Morgan fingerprint density at radius 1 is 0.507 bits per heavy atom. The Labute approximate surface area is 420 Å². The maximum Gasteiger partial charge on any atom is 0.472 e. The fourth-order valence-electron chi connectivity index (χ4n) is 9.18. The minimum Gasteiger partial charge on any atom is -0.393 e. The summed E-state index contributed by atoms with van der Waals surface area (Å²) in [6.45, 7) is 3.78. The van der Waals surface area contributed by atoms with Gasteiger partial charge in [-0.05, 0) is 44.9 Å². The predicted molar refractivity (Wildman–Crippen MR) is 280 cm³/mol. The van der Waals surface area contributed by atoms with Crippen LogP contribution in [0, 0.1) is 0 Å². The van der Waals surface area contributed by atoms with Crippen molar-refractivity contribution in [3.8, 4) is 0 Å². The van der Waals surface area contributed by atoms with Crippen LogP contribution >= 0.6 is 7.82 Å². The molecule has 0 bridgehead atoms. The zero-order valence-electron chi connectivity index (χ0n) is 43.7. The molecule has 8 unspecified atom stereocenters. The van der Waals surface area contributed by atoms with Gasteiger partial charge in [-0.2, -0.15) is 0 Å². The maximum atomic E-state index is 13.1. The van der Waals surface area contributed by atoms with Gasteiger partial charge in [0, 0.05) is 0 Å². The van der Waals surface area contributed by atoms with Crippen LogP contribution < -0.4 is 5.32 Å². The summed E-state index contributed by atoms with van der Waals surface area (Å²) in [6, 6.07) is -1.24. The van der Waals surface area contributed by atoms with E-state index in [1.807, 2.05) is 0 Å². The summed E-state index contributed by atoms with van der Waals surface area (Å²) >= 11 is 0. The zero-order valence-corrected chi connectivity index (χ0v) is 44.6. The van der Waals surface area contributed by atoms with Crippen LogP contribution in [0.15, 0.2) is 24.3 Å². The molecule has 408 valence electrons. The van der Waals surface area contributed by atoms with Crippen molar-refractivity contribution in [3.63, 3.8) is 0 Å². The Bertz CT molecular complexity index is 1270. The standard InChI is InChI=1S/C55H106NO12P/c1-3-5-7-9-11-13-15-17-19-21-23-24-25-26-28-30-32-34-36-38-40-42-46(57)44-49(59)56-47(45-67-69(65,66)68-55-53(63)51(61)50(60)52(62)54(55)64)48(58)43-41-39-37-35-33-31-29-27-22-20-18-16-14-12-10-8-6-4-2/h26,28,41,43,46-48,50-55,57-58,60-64H,3-25,27,29-40,42,44-45H2,1-2H3,(H,56,59)(H,65,66)/b28-26-,43-41+. The highest BCUT2D eigenvalue weighted by Gasteiger charge is 2.51. The van der Waals surface area contributed by atoms with E-state index in [-0.39, 0.29) is 6.42 Å². The Morgan fingerprint density at radius 2 is 0.841 bits per heavy atom. The summed E-state index contributed by atoms with van der Waals surface area (Å²) in [6.07, 6.45) is 38.3. The van der Waals surface area contributed by atoms with Gasteiger partial charge >= 0.3 is 7.82 Å². The van der Waals surface area contributed by atoms with Crippen molar-refractivity contribution < 1.29 is 59.0 Å². The lowest BCUT2D eigenvalue weighted by atomic mass is 9.85. The van der Waals surface area contributed by atoms with E-state index < -0.39 is 75.2 Å². The second-order valence-electron chi connectivity index (χ2n) is 20.3. The first-order chi connectivity index (χ1) is 33.3. The number of phosphoric ester groups is 1. The lowest BCUT2D eigenvalue weighted by Gasteiger charge is -2.41. The number of carbonyl (C=O) groups is 1. The summed E-state index contributed by atoms with van der Waals surface area (Å²) in [5.41, 5.74) is 0. The van der Waals surface area contributed by atoms with Crippen molar-refractivity contribution in [2.24, 2.45) is 0 Å². The summed E-state index contributed by atoms with van der Waals surface area (Å²) in [5.74, 6) is -0.594. The topological polar surface area (TPSA) is 226 Å². The van der Waals surface area contributed by atoms with Crippen molar-refractivity contribution in [1.82, 2.24) is 5.32 Å². The van der Waals surface area contributed by atoms with Crippen LogP contribution in [0.1, 0.15) is 258 Å². The minimum absolute atomic E-state index is 0.248. The van der Waals surface area contributed by atoms with Crippen molar-refractivity contribution in [3.05, 3.63) is 24.3 Å². The number of unbranched alkanes of at least 4 members (excludes halogenated alkanes) is 33. The molecule has 8 atom stereocenters. The molecule has 1 saturated carbocycles. The van der Waals surface area contributed by atoms with E-state index in [9.17, 15) is 50.0 Å². The van der Waals surface area contributed by atoms with Crippen LogP contribution in [0.2, 0.25) is 0 Å². The molecule has 1 fully saturated rings. The third kappa shape index (κ3) is 35.6. The predicted octanol–water partition coefficient (Wildman–Crippen LogP) is 11.5. The zero-order chi connectivity index (χ0) is 50.8. The molecular weight excluding hydrogens is 898 g/mol. The van der Waals surface area contributed by atoms with Gasteiger partial charge < -0.3 is 46.0 Å². The normalized spacial score (nSPS) is 22.1. The average molecular weight is 1000 g/mol. The van der Waals surface area contributed by atoms with Gasteiger partial charge in [0.1, 0.15) is 36.6 Å². The molecule has 9 N–H and O–H groups in total. The first-order valence-corrected chi connectivity index (χ1v) is 29.9. The maximum absolute atomic E-state index is 13.1. The Morgan fingerprint density at radius 3 is 1.23 bits per heavy atom. The van der Waals surface area contributed by atoms with Crippen LogP contribution in [0.5, 0.6) is 0 Å². The molecule has 1 amide bonds. The van der Waals surface area contributed by atoms with Crippen molar-refractivity contribution >= 4 is 13.7 Å². The second-order valence-corrected chi connectivity index (χ2v) is 21.7. The summed E-state index contributed by atoms with van der Waals surface area (Å²) in [7, 11) is -5.15. The largest absolute Gasteiger partial charge is 0.472 e. The van der Waals surface area contributed by atoms with Crippen LogP contribution in [0.3, 0.4) is 0 Å². The highest BCUT2D eigenvalue weighted by molar-refractivity contribution is 7.47. The molecule has 1 rings (SSSR count). The van der Waals surface area contributed by atoms with Crippen LogP contribution in [0.4, 0.5) is 0 Å². The number of amides is 1. The van der Waals surface area contributed by atoms with Gasteiger partial charge in [-0.3, -0.25) is 13.8 Å². The van der Waals surface area contributed by atoms with Crippen molar-refractivity contribution in [1.29, 1.82) is 0 Å². The van der Waals surface area contributed by atoms with E-state index >= 15 is 0 Å². The van der Waals surface area contributed by atoms with E-state index in [0.717, 1.165) is 64.2 Å². The third-order valence-corrected chi connectivity index (χ3v) is 14.8. The molecule has 0 aliphatic heterocycles. The van der Waals surface area contributed by atoms with Gasteiger partial charge in [-0.25, -0.2) is 4.57 Å². The van der Waals surface area contributed by atoms with Crippen LogP contribution in [0.25, 0.3) is 0 Å². The number of nitrogens with one attached hydrogen (secondary N) is 1. The lowest BCUT2D eigenvalue weighted by Crippen LogP contribution is -2.64. The molecule has 0 aromatic carbocycles. The summed E-state index contributed by atoms with van der Waals surface area (Å²) in [4.78, 5) is 23.6. The number of aliphatic hydroxyl groups excluding tert-OH is 7. The van der Waals surface area contributed by atoms with Gasteiger partial charge in [0.2, 0.25) is 5.91 Å². The lowest BCUT2D eigenvalue weighted by molar-refractivity contribution is -0.220. The molecule has 0 heterocycles. The van der Waals surface area contributed by atoms with Gasteiger partial charge in [-0.1, -0.05) is 231 Å². The fraction of sp³-hybridized carbons (Fsp3) is 0.909. The molecule has 0 aromatic rings. The molecule has 0 saturated heterocycles. The Hall–Kier alpha value is -1.22. The van der Waals surface area contributed by atoms with E-state index in [0.29, 0.717) is 12.8 Å². The number of phosphoric acid groups is 1. The number of hydrogen-bond donors (Lipinski definition) is 9. The molecular formula is C55H106NO12P. The Balaban J connectivity index is 2.43. The first kappa shape index (κ1) is 65.8. The van der Waals surface area contributed by atoms with Gasteiger partial charge in [0.15, 0.2) is 0 Å². The third-order valence-electron chi connectivity index (χ3n) is 13.8. The van der Waals surface area contributed by atoms with E-state index in [2.05, 4.69) is 31.3 Å². The number of rotatable bonds is 48.